The molecule has 8 atom stereocenters. The van der Waals surface area contributed by atoms with Crippen molar-refractivity contribution in [2.24, 2.45) is 0 Å². The molecule has 20 heteroatoms. The summed E-state index contributed by atoms with van der Waals surface area (Å²) in [6.45, 7) is 6.59. The van der Waals surface area contributed by atoms with Gasteiger partial charge in [-0.3, -0.25) is 38.7 Å². The summed E-state index contributed by atoms with van der Waals surface area (Å²) in [7, 11) is 0. The third-order valence-corrected chi connectivity index (χ3v) is 7.64. The lowest BCUT2D eigenvalue weighted by Crippen LogP contribution is -2.42. The SMILES string of the molecule is CC(=O)OC[C@H]1O[C@@H](OCCOc2ccnc(-c3cc(OCCO[C@@H]4O[C@H](COC(C)=O)[C@@H](OC(C)=O)[C@H]4OC(C)=O)ccn3)c2)[C@H](OC(C)=O)[C@@H]1OC(C)=O. The van der Waals surface area contributed by atoms with Crippen molar-refractivity contribution >= 4 is 35.8 Å². The molecule has 0 amide bonds. The number of esters is 6. The van der Waals surface area contributed by atoms with Crippen LogP contribution in [0, 0.1) is 0 Å². The van der Waals surface area contributed by atoms with Gasteiger partial charge in [0.25, 0.3) is 0 Å². The fraction of sp³-hybridized carbons (Fsp3) is 0.556. The van der Waals surface area contributed by atoms with Gasteiger partial charge in [0.2, 0.25) is 0 Å². The van der Waals surface area contributed by atoms with Crippen LogP contribution in [0.4, 0.5) is 0 Å². The first-order valence-electron chi connectivity index (χ1n) is 17.4. The number of carbonyl (C=O) groups excluding carboxylic acids is 6. The zero-order valence-corrected chi connectivity index (χ0v) is 31.6. The zero-order chi connectivity index (χ0) is 40.8. The van der Waals surface area contributed by atoms with E-state index in [4.69, 9.17) is 56.8 Å². The van der Waals surface area contributed by atoms with Gasteiger partial charge in [0.15, 0.2) is 37.0 Å². The smallest absolute Gasteiger partial charge is 0.303 e. The van der Waals surface area contributed by atoms with Gasteiger partial charge >= 0.3 is 35.8 Å². The lowest BCUT2D eigenvalue weighted by Gasteiger charge is -2.23. The highest BCUT2D eigenvalue weighted by Gasteiger charge is 2.51. The molecule has 2 aromatic rings. The molecule has 0 N–H and O–H groups in total. The summed E-state index contributed by atoms with van der Waals surface area (Å²) >= 11 is 0. The number of hydrogen-bond donors (Lipinski definition) is 0. The Balaban J connectivity index is 1.30. The maximum atomic E-state index is 11.8. The number of nitrogens with zero attached hydrogens (tertiary/aromatic N) is 2. The first-order valence-corrected chi connectivity index (χ1v) is 17.4. The van der Waals surface area contributed by atoms with Crippen molar-refractivity contribution in [2.75, 3.05) is 39.6 Å². The predicted molar refractivity (Wildman–Crippen MR) is 183 cm³/mol. The van der Waals surface area contributed by atoms with Gasteiger partial charge in [0, 0.05) is 66.1 Å². The van der Waals surface area contributed by atoms with Crippen LogP contribution in [0.3, 0.4) is 0 Å². The summed E-state index contributed by atoms with van der Waals surface area (Å²) in [6.07, 6.45) is -5.58. The van der Waals surface area contributed by atoms with Crippen LogP contribution in [-0.4, -0.2) is 135 Å². The minimum Gasteiger partial charge on any atom is -0.491 e. The molecular formula is C36H44N2O18. The molecule has 2 aliphatic heterocycles. The topological polar surface area (TPSA) is 239 Å². The van der Waals surface area contributed by atoms with Crippen molar-refractivity contribution in [3.8, 4) is 22.9 Å². The van der Waals surface area contributed by atoms with E-state index in [2.05, 4.69) is 9.97 Å². The van der Waals surface area contributed by atoms with E-state index in [0.29, 0.717) is 22.9 Å². The van der Waals surface area contributed by atoms with Crippen LogP contribution < -0.4 is 9.47 Å². The number of rotatable bonds is 19. The van der Waals surface area contributed by atoms with Crippen LogP contribution in [0.15, 0.2) is 36.7 Å². The molecule has 2 saturated heterocycles. The largest absolute Gasteiger partial charge is 0.491 e. The van der Waals surface area contributed by atoms with Gasteiger partial charge < -0.3 is 56.8 Å². The third-order valence-electron chi connectivity index (χ3n) is 7.64. The van der Waals surface area contributed by atoms with Gasteiger partial charge in [0.1, 0.15) is 50.1 Å². The summed E-state index contributed by atoms with van der Waals surface area (Å²) in [4.78, 5) is 78.6. The number of pyridine rings is 2. The molecule has 0 aliphatic carbocycles. The molecule has 4 rings (SSSR count). The summed E-state index contributed by atoms with van der Waals surface area (Å²) in [5, 5.41) is 0. The molecule has 2 fully saturated rings. The summed E-state index contributed by atoms with van der Waals surface area (Å²) in [6, 6.07) is 6.54. The number of carbonyl (C=O) groups is 6. The molecule has 20 nitrogen and oxygen atoms in total. The van der Waals surface area contributed by atoms with E-state index < -0.39 is 85.0 Å². The van der Waals surface area contributed by atoms with E-state index >= 15 is 0 Å². The molecule has 0 spiro atoms. The maximum absolute atomic E-state index is 11.8. The fourth-order valence-corrected chi connectivity index (χ4v) is 5.55. The van der Waals surface area contributed by atoms with Crippen molar-refractivity contribution in [3.05, 3.63) is 36.7 Å². The Bertz CT molecular complexity index is 1570. The molecule has 0 aromatic carbocycles. The Kier molecular flexibility index (Phi) is 16.3. The highest BCUT2D eigenvalue weighted by atomic mass is 16.8. The van der Waals surface area contributed by atoms with Gasteiger partial charge in [-0.1, -0.05) is 0 Å². The molecule has 2 aromatic heterocycles. The van der Waals surface area contributed by atoms with Crippen molar-refractivity contribution in [1.82, 2.24) is 9.97 Å². The average Bonchev–Trinajstić information content (AvgIpc) is 3.61. The Morgan fingerprint density at radius 3 is 1.21 bits per heavy atom. The summed E-state index contributed by atoms with van der Waals surface area (Å²) in [5.41, 5.74) is 0.909. The molecule has 0 radical (unpaired) electrons. The zero-order valence-electron chi connectivity index (χ0n) is 31.6. The van der Waals surface area contributed by atoms with Gasteiger partial charge in [0.05, 0.1) is 24.6 Å². The highest BCUT2D eigenvalue weighted by molar-refractivity contribution is 5.69. The lowest BCUT2D eigenvalue weighted by atomic mass is 10.1. The second-order valence-electron chi connectivity index (χ2n) is 12.2. The predicted octanol–water partition coefficient (Wildman–Crippen LogP) is 1.24. The third kappa shape index (κ3) is 13.4. The Hall–Kier alpha value is -5.44. The van der Waals surface area contributed by atoms with Gasteiger partial charge in [-0.2, -0.15) is 0 Å². The van der Waals surface area contributed by atoms with Crippen molar-refractivity contribution in [2.45, 2.75) is 90.7 Å². The molecule has 306 valence electrons. The molecule has 4 heterocycles. The number of ether oxygens (including phenoxy) is 12. The molecule has 0 unspecified atom stereocenters. The summed E-state index contributed by atoms with van der Waals surface area (Å²) in [5.74, 6) is -2.94. The van der Waals surface area contributed by atoms with E-state index in [9.17, 15) is 28.8 Å². The molecule has 0 bridgehead atoms. The first-order chi connectivity index (χ1) is 26.7. The minimum atomic E-state index is -1.15. The molecule has 2 aliphatic rings. The fourth-order valence-electron chi connectivity index (χ4n) is 5.55. The minimum absolute atomic E-state index is 0.0225. The van der Waals surface area contributed by atoms with E-state index in [1.54, 1.807) is 24.3 Å². The van der Waals surface area contributed by atoms with Crippen LogP contribution in [0.25, 0.3) is 11.4 Å². The van der Waals surface area contributed by atoms with Gasteiger partial charge in [-0.15, -0.1) is 0 Å². The standard InChI is InChI=1S/C36H44N2O18/c1-19(39)49-17-29-31(51-21(3)41)33(53-23(5)43)35(55-29)47-13-11-45-25-7-9-37-27(15-25)28-16-26(8-10-38-28)46-12-14-48-36-34(54-24(6)44)32(52-22(4)42)30(56-36)18-50-20(2)40/h7-10,15-16,29-36H,11-14,17-18H2,1-6H3/t29-,30-,31-,32-,33-,34-,35-,36-/m1/s1. The second-order valence-corrected chi connectivity index (χ2v) is 12.2. The van der Waals surface area contributed by atoms with E-state index in [0.717, 1.165) is 0 Å². The van der Waals surface area contributed by atoms with Crippen molar-refractivity contribution < 1.29 is 85.6 Å². The summed E-state index contributed by atoms with van der Waals surface area (Å²) < 4.78 is 66.2. The van der Waals surface area contributed by atoms with Crippen LogP contribution >= 0.6 is 0 Å². The average molecular weight is 793 g/mol. The van der Waals surface area contributed by atoms with Crippen LogP contribution in [0.2, 0.25) is 0 Å². The van der Waals surface area contributed by atoms with Crippen molar-refractivity contribution in [3.63, 3.8) is 0 Å². The van der Waals surface area contributed by atoms with Crippen molar-refractivity contribution in [1.29, 1.82) is 0 Å². The Morgan fingerprint density at radius 1 is 0.518 bits per heavy atom. The van der Waals surface area contributed by atoms with Gasteiger partial charge in [-0.25, -0.2) is 0 Å². The van der Waals surface area contributed by atoms with Crippen LogP contribution in [0.1, 0.15) is 41.5 Å². The first kappa shape index (κ1) is 43.3. The Morgan fingerprint density at radius 2 is 0.875 bits per heavy atom. The van der Waals surface area contributed by atoms with E-state index in [1.165, 1.54) is 53.9 Å². The lowest BCUT2D eigenvalue weighted by molar-refractivity contribution is -0.191. The van der Waals surface area contributed by atoms with E-state index in [1.807, 2.05) is 0 Å². The van der Waals surface area contributed by atoms with Gasteiger partial charge in [-0.05, 0) is 12.1 Å². The molecule has 56 heavy (non-hydrogen) atoms. The highest BCUT2D eigenvalue weighted by Crippen LogP contribution is 2.30. The molecular weight excluding hydrogens is 748 g/mol. The van der Waals surface area contributed by atoms with Crippen LogP contribution in [-0.2, 0) is 76.1 Å². The monoisotopic (exact) mass is 792 g/mol. The maximum Gasteiger partial charge on any atom is 0.303 e. The second kappa shape index (κ2) is 21.0. The Labute approximate surface area is 321 Å². The van der Waals surface area contributed by atoms with Crippen LogP contribution in [0.5, 0.6) is 11.5 Å². The van der Waals surface area contributed by atoms with E-state index in [-0.39, 0.29) is 39.6 Å². The molecule has 0 saturated carbocycles. The number of hydrogen-bond acceptors (Lipinski definition) is 20. The quantitative estimate of drug-likeness (QED) is 0.110. The normalized spacial score (nSPS) is 24.0. The number of aromatic nitrogens is 2.